The van der Waals surface area contributed by atoms with Gasteiger partial charge in [-0.15, -0.1) is 0 Å². The highest BCUT2D eigenvalue weighted by Crippen LogP contribution is 2.17. The third kappa shape index (κ3) is 5.71. The topological polar surface area (TPSA) is 106 Å². The van der Waals surface area contributed by atoms with Crippen LogP contribution in [0.15, 0.2) is 41.1 Å². The van der Waals surface area contributed by atoms with Crippen molar-refractivity contribution in [2.75, 3.05) is 51.1 Å². The molecule has 0 saturated carbocycles. The normalized spacial score (nSPS) is 15.3. The van der Waals surface area contributed by atoms with Crippen LogP contribution in [0.5, 0.6) is 0 Å². The Labute approximate surface area is 180 Å². The molecule has 0 atom stereocenters. The number of hydrogen-bond donors (Lipinski definition) is 3. The van der Waals surface area contributed by atoms with Crippen molar-refractivity contribution in [1.82, 2.24) is 25.3 Å². The van der Waals surface area contributed by atoms with Crippen LogP contribution in [0, 0.1) is 6.92 Å². The minimum atomic E-state index is -0.114. The van der Waals surface area contributed by atoms with Gasteiger partial charge in [0.05, 0.1) is 13.1 Å². The molecule has 1 aliphatic rings. The summed E-state index contributed by atoms with van der Waals surface area (Å²) in [5, 5.41) is 10.7. The van der Waals surface area contributed by atoms with Gasteiger partial charge in [0.25, 0.3) is 0 Å². The van der Waals surface area contributed by atoms with E-state index in [1.165, 1.54) is 10.9 Å². The maximum atomic E-state index is 12.3. The third-order valence-electron chi connectivity index (χ3n) is 5.49. The quantitative estimate of drug-likeness (QED) is 0.504. The Morgan fingerprint density at radius 2 is 1.81 bits per heavy atom. The molecule has 2 amide bonds. The summed E-state index contributed by atoms with van der Waals surface area (Å²) in [6.07, 6.45) is 2.81. The molecule has 2 aromatic heterocycles. The van der Waals surface area contributed by atoms with Crippen molar-refractivity contribution in [3.8, 4) is 0 Å². The smallest absolute Gasteiger partial charge is 0.239 e. The number of amides is 2. The van der Waals surface area contributed by atoms with E-state index in [4.69, 9.17) is 4.52 Å². The van der Waals surface area contributed by atoms with E-state index in [-0.39, 0.29) is 11.8 Å². The first-order chi connectivity index (χ1) is 15.1. The Morgan fingerprint density at radius 1 is 1.10 bits per heavy atom. The van der Waals surface area contributed by atoms with Gasteiger partial charge in [0.1, 0.15) is 5.76 Å². The number of aromatic amines is 1. The predicted octanol–water partition coefficient (Wildman–Crippen LogP) is 1.38. The lowest BCUT2D eigenvalue weighted by molar-refractivity contribution is -0.123. The molecule has 0 spiro atoms. The van der Waals surface area contributed by atoms with E-state index >= 15 is 0 Å². The molecule has 3 N–H and O–H groups in total. The Hall–Kier alpha value is -3.17. The minimum Gasteiger partial charge on any atom is -0.361 e. The van der Waals surface area contributed by atoms with Gasteiger partial charge in [0.15, 0.2) is 5.82 Å². The fraction of sp³-hybridized carbons (Fsp3) is 0.409. The monoisotopic (exact) mass is 424 g/mol. The summed E-state index contributed by atoms with van der Waals surface area (Å²) < 4.78 is 4.95. The molecule has 9 nitrogen and oxygen atoms in total. The molecule has 164 valence electrons. The average molecular weight is 425 g/mol. The number of aromatic nitrogens is 2. The number of hydrogen-bond acceptors (Lipinski definition) is 6. The van der Waals surface area contributed by atoms with Gasteiger partial charge < -0.3 is 20.1 Å². The largest absolute Gasteiger partial charge is 0.361 e. The molecule has 1 aliphatic heterocycles. The Kier molecular flexibility index (Phi) is 6.63. The summed E-state index contributed by atoms with van der Waals surface area (Å²) in [5.74, 6) is 1.01. The maximum Gasteiger partial charge on any atom is 0.239 e. The number of anilines is 1. The minimum absolute atomic E-state index is 0.0347. The molecule has 3 aromatic rings. The molecule has 0 radical (unpaired) electrons. The summed E-state index contributed by atoms with van der Waals surface area (Å²) in [5.41, 5.74) is 2.33. The van der Waals surface area contributed by atoms with Crippen LogP contribution in [0.1, 0.15) is 11.3 Å². The van der Waals surface area contributed by atoms with Crippen molar-refractivity contribution in [1.29, 1.82) is 0 Å². The maximum absolute atomic E-state index is 12.3. The van der Waals surface area contributed by atoms with Crippen LogP contribution in [0.25, 0.3) is 10.9 Å². The van der Waals surface area contributed by atoms with Gasteiger partial charge in [0.2, 0.25) is 11.8 Å². The number of nitrogens with zero attached hydrogens (tertiary/aromatic N) is 3. The van der Waals surface area contributed by atoms with Gasteiger partial charge in [-0.2, -0.15) is 0 Å². The van der Waals surface area contributed by atoms with Crippen LogP contribution >= 0.6 is 0 Å². The number of rotatable bonds is 8. The van der Waals surface area contributed by atoms with Gasteiger partial charge in [-0.3, -0.25) is 19.4 Å². The van der Waals surface area contributed by atoms with E-state index in [9.17, 15) is 9.59 Å². The number of para-hydroxylation sites is 1. The van der Waals surface area contributed by atoms with Crippen LogP contribution in [0.3, 0.4) is 0 Å². The molecule has 0 bridgehead atoms. The lowest BCUT2D eigenvalue weighted by Crippen LogP contribution is -2.51. The third-order valence-corrected chi connectivity index (χ3v) is 5.49. The summed E-state index contributed by atoms with van der Waals surface area (Å²) in [4.78, 5) is 31.9. The highest BCUT2D eigenvalue weighted by Gasteiger charge is 2.21. The highest BCUT2D eigenvalue weighted by atomic mass is 16.5. The van der Waals surface area contributed by atoms with Crippen LogP contribution in [-0.2, 0) is 16.0 Å². The Morgan fingerprint density at radius 3 is 2.52 bits per heavy atom. The Balaban J connectivity index is 1.13. The molecular formula is C22H28N6O3. The van der Waals surface area contributed by atoms with Gasteiger partial charge in [-0.05, 0) is 25.0 Å². The lowest BCUT2D eigenvalue weighted by Gasteiger charge is -2.33. The van der Waals surface area contributed by atoms with Crippen molar-refractivity contribution in [3.63, 3.8) is 0 Å². The van der Waals surface area contributed by atoms with E-state index in [0.29, 0.717) is 31.2 Å². The number of H-pyrrole nitrogens is 1. The first-order valence-electron chi connectivity index (χ1n) is 10.6. The molecule has 3 heterocycles. The van der Waals surface area contributed by atoms with Crippen molar-refractivity contribution in [2.24, 2.45) is 0 Å². The second-order valence-corrected chi connectivity index (χ2v) is 7.88. The number of carbonyl (C=O) groups is 2. The van der Waals surface area contributed by atoms with Crippen LogP contribution < -0.4 is 10.6 Å². The van der Waals surface area contributed by atoms with Gasteiger partial charge in [-0.25, -0.2) is 0 Å². The van der Waals surface area contributed by atoms with E-state index in [1.807, 2.05) is 18.3 Å². The second-order valence-electron chi connectivity index (χ2n) is 7.88. The van der Waals surface area contributed by atoms with Crippen molar-refractivity contribution in [3.05, 3.63) is 47.9 Å². The first kappa shape index (κ1) is 21.1. The number of benzene rings is 1. The second kappa shape index (κ2) is 9.76. The standard InChI is InChI=1S/C22H28N6O3/c1-16-12-20(26-31-16)25-22(30)15-28-10-8-27(9-11-28)14-21(29)23-7-6-17-13-24-19-5-3-2-4-18(17)19/h2-5,12-13,24H,6-11,14-15H2,1H3,(H,23,29)(H,25,26,30). The van der Waals surface area contributed by atoms with E-state index < -0.39 is 0 Å². The zero-order valence-electron chi connectivity index (χ0n) is 17.7. The summed E-state index contributed by atoms with van der Waals surface area (Å²) >= 11 is 0. The fourth-order valence-corrected chi connectivity index (χ4v) is 3.85. The van der Waals surface area contributed by atoms with Gasteiger partial charge >= 0.3 is 0 Å². The summed E-state index contributed by atoms with van der Waals surface area (Å²) in [6, 6.07) is 9.86. The molecule has 31 heavy (non-hydrogen) atoms. The van der Waals surface area contributed by atoms with Gasteiger partial charge in [0, 0.05) is 55.9 Å². The zero-order valence-corrected chi connectivity index (χ0v) is 17.7. The number of nitrogens with one attached hydrogen (secondary N) is 3. The van der Waals surface area contributed by atoms with Crippen LogP contribution in [0.2, 0.25) is 0 Å². The SMILES string of the molecule is Cc1cc(NC(=O)CN2CCN(CC(=O)NCCc3c[nH]c4ccccc34)CC2)no1. The van der Waals surface area contributed by atoms with E-state index in [0.717, 1.165) is 38.1 Å². The number of piperazine rings is 1. The van der Waals surface area contributed by atoms with E-state index in [2.05, 4.69) is 42.7 Å². The molecule has 9 heteroatoms. The first-order valence-corrected chi connectivity index (χ1v) is 10.6. The molecule has 1 saturated heterocycles. The fourth-order valence-electron chi connectivity index (χ4n) is 3.85. The van der Waals surface area contributed by atoms with Gasteiger partial charge in [-0.1, -0.05) is 23.4 Å². The molecule has 0 unspecified atom stereocenters. The lowest BCUT2D eigenvalue weighted by atomic mass is 10.1. The van der Waals surface area contributed by atoms with Crippen LogP contribution in [0.4, 0.5) is 5.82 Å². The van der Waals surface area contributed by atoms with Crippen molar-refractivity contribution >= 4 is 28.5 Å². The molecule has 4 rings (SSSR count). The van der Waals surface area contributed by atoms with Crippen molar-refractivity contribution < 1.29 is 14.1 Å². The summed E-state index contributed by atoms with van der Waals surface area (Å²) in [6.45, 7) is 6.07. The molecule has 0 aliphatic carbocycles. The molecular weight excluding hydrogens is 396 g/mol. The highest BCUT2D eigenvalue weighted by molar-refractivity contribution is 5.91. The number of fused-ring (bicyclic) bond motifs is 1. The number of aryl methyl sites for hydroxylation is 1. The molecule has 1 fully saturated rings. The van der Waals surface area contributed by atoms with E-state index in [1.54, 1.807) is 13.0 Å². The Bertz CT molecular complexity index is 1030. The average Bonchev–Trinajstić information content (AvgIpc) is 3.35. The summed E-state index contributed by atoms with van der Waals surface area (Å²) in [7, 11) is 0. The number of carbonyl (C=O) groups excluding carboxylic acids is 2. The molecule has 1 aromatic carbocycles. The zero-order chi connectivity index (χ0) is 21.6. The van der Waals surface area contributed by atoms with Crippen LogP contribution in [-0.4, -0.2) is 77.6 Å². The van der Waals surface area contributed by atoms with Crippen molar-refractivity contribution in [2.45, 2.75) is 13.3 Å². The predicted molar refractivity (Wildman–Crippen MR) is 118 cm³/mol.